The van der Waals surface area contributed by atoms with E-state index in [2.05, 4.69) is 31.4 Å². The van der Waals surface area contributed by atoms with Crippen LogP contribution in [-0.4, -0.2) is 30.2 Å². The Morgan fingerprint density at radius 3 is 2.90 bits per heavy atom. The molecule has 1 saturated carbocycles. The SMILES string of the molecule is Cc1nc(C)n(-c2nc3sccn3c2CNC2CC2)n1. The Morgan fingerprint density at radius 1 is 1.35 bits per heavy atom. The molecule has 7 heteroatoms. The highest BCUT2D eigenvalue weighted by Gasteiger charge is 2.23. The summed E-state index contributed by atoms with van der Waals surface area (Å²) in [6.07, 6.45) is 4.63. The number of nitrogens with zero attached hydrogens (tertiary/aromatic N) is 5. The minimum Gasteiger partial charge on any atom is -0.308 e. The molecule has 0 saturated heterocycles. The van der Waals surface area contributed by atoms with Crippen LogP contribution < -0.4 is 5.32 Å². The largest absolute Gasteiger partial charge is 0.308 e. The molecular formula is C13H16N6S. The van der Waals surface area contributed by atoms with Gasteiger partial charge in [-0.25, -0.2) is 4.98 Å². The van der Waals surface area contributed by atoms with Crippen molar-refractivity contribution in [3.63, 3.8) is 0 Å². The van der Waals surface area contributed by atoms with Gasteiger partial charge in [-0.1, -0.05) is 0 Å². The van der Waals surface area contributed by atoms with Gasteiger partial charge in [-0.15, -0.1) is 16.4 Å². The van der Waals surface area contributed by atoms with Gasteiger partial charge in [0.05, 0.1) is 5.69 Å². The van der Waals surface area contributed by atoms with E-state index >= 15 is 0 Å². The van der Waals surface area contributed by atoms with Crippen molar-refractivity contribution in [2.45, 2.75) is 39.3 Å². The van der Waals surface area contributed by atoms with E-state index in [0.29, 0.717) is 6.04 Å². The Kier molecular flexibility index (Phi) is 2.64. The molecule has 3 aromatic heterocycles. The second-order valence-electron chi connectivity index (χ2n) is 5.21. The predicted octanol–water partition coefficient (Wildman–Crippen LogP) is 1.85. The quantitative estimate of drug-likeness (QED) is 0.796. The molecule has 4 rings (SSSR count). The van der Waals surface area contributed by atoms with E-state index in [1.165, 1.54) is 12.8 Å². The highest BCUT2D eigenvalue weighted by molar-refractivity contribution is 7.15. The van der Waals surface area contributed by atoms with Crippen molar-refractivity contribution in [1.29, 1.82) is 0 Å². The van der Waals surface area contributed by atoms with Crippen molar-refractivity contribution >= 4 is 16.3 Å². The van der Waals surface area contributed by atoms with Gasteiger partial charge in [-0.2, -0.15) is 9.67 Å². The zero-order valence-electron chi connectivity index (χ0n) is 11.5. The van der Waals surface area contributed by atoms with E-state index in [1.54, 1.807) is 11.3 Å². The Balaban J connectivity index is 1.82. The third-order valence-corrected chi connectivity index (χ3v) is 4.31. The molecule has 3 heterocycles. The minimum atomic E-state index is 0.672. The topological polar surface area (TPSA) is 60.0 Å². The number of hydrogen-bond donors (Lipinski definition) is 1. The van der Waals surface area contributed by atoms with Crippen LogP contribution in [-0.2, 0) is 6.54 Å². The summed E-state index contributed by atoms with van der Waals surface area (Å²) in [7, 11) is 0. The standard InChI is InChI=1S/C13H16N6S/c1-8-15-9(2)19(17-8)12-11(7-14-10-3-4-10)18-5-6-20-13(18)16-12/h5-6,10,14H,3-4,7H2,1-2H3. The molecule has 20 heavy (non-hydrogen) atoms. The lowest BCUT2D eigenvalue weighted by atomic mass is 10.4. The lowest BCUT2D eigenvalue weighted by Gasteiger charge is -2.06. The average Bonchev–Trinajstić information content (AvgIpc) is 2.86. The molecule has 0 aromatic carbocycles. The fraction of sp³-hybridized carbons (Fsp3) is 0.462. The maximum absolute atomic E-state index is 4.72. The van der Waals surface area contributed by atoms with Crippen molar-refractivity contribution < 1.29 is 0 Å². The molecule has 1 fully saturated rings. The van der Waals surface area contributed by atoms with Crippen LogP contribution >= 0.6 is 11.3 Å². The fourth-order valence-corrected chi connectivity index (χ4v) is 3.13. The summed E-state index contributed by atoms with van der Waals surface area (Å²) in [5.41, 5.74) is 1.15. The van der Waals surface area contributed by atoms with E-state index in [-0.39, 0.29) is 0 Å². The number of thiazole rings is 1. The highest BCUT2D eigenvalue weighted by Crippen LogP contribution is 2.24. The number of nitrogens with one attached hydrogen (secondary N) is 1. The molecule has 0 spiro atoms. The number of hydrogen-bond acceptors (Lipinski definition) is 5. The van der Waals surface area contributed by atoms with Crippen LogP contribution in [0, 0.1) is 13.8 Å². The number of rotatable bonds is 4. The molecule has 3 aromatic rings. The molecule has 0 aliphatic heterocycles. The van der Waals surface area contributed by atoms with Gasteiger partial charge in [0.1, 0.15) is 11.6 Å². The normalized spacial score (nSPS) is 15.3. The molecule has 0 amide bonds. The molecule has 104 valence electrons. The summed E-state index contributed by atoms with van der Waals surface area (Å²) in [5, 5.41) is 10.1. The average molecular weight is 288 g/mol. The maximum Gasteiger partial charge on any atom is 0.196 e. The Labute approximate surface area is 120 Å². The Bertz CT molecular complexity index is 763. The first kappa shape index (κ1) is 12.0. The zero-order valence-corrected chi connectivity index (χ0v) is 12.3. The van der Waals surface area contributed by atoms with Gasteiger partial charge in [-0.05, 0) is 26.7 Å². The third kappa shape index (κ3) is 1.94. The first-order valence-corrected chi connectivity index (χ1v) is 7.69. The van der Waals surface area contributed by atoms with E-state index in [9.17, 15) is 0 Å². The number of aromatic nitrogens is 5. The van der Waals surface area contributed by atoms with Gasteiger partial charge in [0, 0.05) is 24.2 Å². The van der Waals surface area contributed by atoms with Crippen LogP contribution in [0.2, 0.25) is 0 Å². The lowest BCUT2D eigenvalue weighted by molar-refractivity contribution is 0.661. The zero-order chi connectivity index (χ0) is 13.7. The maximum atomic E-state index is 4.72. The van der Waals surface area contributed by atoms with E-state index in [0.717, 1.165) is 34.7 Å². The van der Waals surface area contributed by atoms with Crippen LogP contribution in [0.1, 0.15) is 30.2 Å². The predicted molar refractivity (Wildman–Crippen MR) is 77.3 cm³/mol. The Morgan fingerprint density at radius 2 is 2.20 bits per heavy atom. The Hall–Kier alpha value is -1.73. The van der Waals surface area contributed by atoms with Crippen molar-refractivity contribution in [2.24, 2.45) is 0 Å². The number of imidazole rings is 1. The van der Waals surface area contributed by atoms with Gasteiger partial charge in [-0.3, -0.25) is 4.40 Å². The minimum absolute atomic E-state index is 0.672. The molecule has 1 aliphatic rings. The molecule has 0 unspecified atom stereocenters. The molecule has 1 aliphatic carbocycles. The molecular weight excluding hydrogens is 272 g/mol. The van der Waals surface area contributed by atoms with Crippen LogP contribution in [0.5, 0.6) is 0 Å². The highest BCUT2D eigenvalue weighted by atomic mass is 32.1. The summed E-state index contributed by atoms with van der Waals surface area (Å²) in [5.74, 6) is 2.55. The third-order valence-electron chi connectivity index (χ3n) is 3.55. The van der Waals surface area contributed by atoms with Crippen molar-refractivity contribution in [3.05, 3.63) is 28.9 Å². The van der Waals surface area contributed by atoms with Crippen molar-refractivity contribution in [2.75, 3.05) is 0 Å². The van der Waals surface area contributed by atoms with Gasteiger partial charge in [0.25, 0.3) is 0 Å². The van der Waals surface area contributed by atoms with Crippen LogP contribution in [0.4, 0.5) is 0 Å². The molecule has 0 radical (unpaired) electrons. The lowest BCUT2D eigenvalue weighted by Crippen LogP contribution is -2.18. The fourth-order valence-electron chi connectivity index (χ4n) is 2.41. The first-order valence-electron chi connectivity index (χ1n) is 6.81. The smallest absolute Gasteiger partial charge is 0.196 e. The van der Waals surface area contributed by atoms with Gasteiger partial charge in [0.15, 0.2) is 10.8 Å². The van der Waals surface area contributed by atoms with E-state index in [1.807, 2.05) is 18.5 Å². The molecule has 6 nitrogen and oxygen atoms in total. The number of aryl methyl sites for hydroxylation is 2. The van der Waals surface area contributed by atoms with E-state index in [4.69, 9.17) is 4.98 Å². The number of fused-ring (bicyclic) bond motifs is 1. The summed E-state index contributed by atoms with van der Waals surface area (Å²) in [6.45, 7) is 4.69. The van der Waals surface area contributed by atoms with Crippen molar-refractivity contribution in [3.8, 4) is 5.82 Å². The van der Waals surface area contributed by atoms with Crippen LogP contribution in [0.3, 0.4) is 0 Å². The summed E-state index contributed by atoms with van der Waals surface area (Å²) < 4.78 is 3.99. The summed E-state index contributed by atoms with van der Waals surface area (Å²) in [4.78, 5) is 10.1. The summed E-state index contributed by atoms with van der Waals surface area (Å²) in [6, 6.07) is 0.672. The van der Waals surface area contributed by atoms with Gasteiger partial charge < -0.3 is 5.32 Å². The molecule has 0 atom stereocenters. The monoisotopic (exact) mass is 288 g/mol. The van der Waals surface area contributed by atoms with E-state index < -0.39 is 0 Å². The second kappa shape index (κ2) is 4.39. The van der Waals surface area contributed by atoms with Gasteiger partial charge >= 0.3 is 0 Å². The van der Waals surface area contributed by atoms with Crippen LogP contribution in [0.15, 0.2) is 11.6 Å². The van der Waals surface area contributed by atoms with Crippen molar-refractivity contribution in [1.82, 2.24) is 29.5 Å². The molecule has 0 bridgehead atoms. The first-order chi connectivity index (χ1) is 9.72. The molecule has 1 N–H and O–H groups in total. The summed E-state index contributed by atoms with van der Waals surface area (Å²) >= 11 is 1.64. The second-order valence-corrected chi connectivity index (χ2v) is 6.08. The van der Waals surface area contributed by atoms with Gasteiger partial charge in [0.2, 0.25) is 0 Å². The van der Waals surface area contributed by atoms with Crippen LogP contribution in [0.25, 0.3) is 10.8 Å².